The normalized spacial score (nSPS) is 14.1. The van der Waals surface area contributed by atoms with Crippen LogP contribution in [0.2, 0.25) is 10.0 Å². The molecule has 2 aromatic rings. The first-order chi connectivity index (χ1) is 13.1. The van der Waals surface area contributed by atoms with Gasteiger partial charge in [-0.15, -0.1) is 0 Å². The predicted octanol–water partition coefficient (Wildman–Crippen LogP) is 6.13. The van der Waals surface area contributed by atoms with Crippen LogP contribution in [-0.2, 0) is 6.61 Å². The van der Waals surface area contributed by atoms with Gasteiger partial charge in [-0.25, -0.2) is 0 Å². The molecule has 3 rings (SSSR count). The lowest BCUT2D eigenvalue weighted by Crippen LogP contribution is -2.34. The number of rotatable bonds is 6. The van der Waals surface area contributed by atoms with Crippen molar-refractivity contribution in [2.75, 3.05) is 19.7 Å². The van der Waals surface area contributed by atoms with Gasteiger partial charge in [-0.2, -0.15) is 0 Å². The Morgan fingerprint density at radius 3 is 2.48 bits per heavy atom. The lowest BCUT2D eigenvalue weighted by atomic mass is 10.1. The van der Waals surface area contributed by atoms with Crippen LogP contribution in [0, 0.1) is 0 Å². The summed E-state index contributed by atoms with van der Waals surface area (Å²) in [7, 11) is 0. The zero-order valence-corrected chi connectivity index (χ0v) is 17.7. The van der Waals surface area contributed by atoms with Crippen LogP contribution >= 0.6 is 35.4 Å². The highest BCUT2D eigenvalue weighted by Crippen LogP contribution is 2.31. The maximum Gasteiger partial charge on any atom is 0.161 e. The lowest BCUT2D eigenvalue weighted by Gasteiger charge is -2.29. The molecule has 1 aliphatic rings. The summed E-state index contributed by atoms with van der Waals surface area (Å²) in [6.07, 6.45) is 3.67. The predicted molar refractivity (Wildman–Crippen MR) is 116 cm³/mol. The molecule has 0 aromatic heterocycles. The van der Waals surface area contributed by atoms with Crippen LogP contribution in [0.3, 0.4) is 0 Å². The Kier molecular flexibility index (Phi) is 7.22. The number of piperidine rings is 1. The van der Waals surface area contributed by atoms with Gasteiger partial charge in [0.1, 0.15) is 11.6 Å². The number of hydrogen-bond donors (Lipinski definition) is 0. The maximum absolute atomic E-state index is 6.23. The molecule has 0 saturated carbocycles. The van der Waals surface area contributed by atoms with Gasteiger partial charge in [0.2, 0.25) is 0 Å². The summed E-state index contributed by atoms with van der Waals surface area (Å²) < 4.78 is 11.8. The van der Waals surface area contributed by atoms with E-state index in [0.29, 0.717) is 34.8 Å². The minimum atomic E-state index is 0.339. The molecule has 0 radical (unpaired) electrons. The van der Waals surface area contributed by atoms with Gasteiger partial charge in [-0.05, 0) is 56.5 Å². The summed E-state index contributed by atoms with van der Waals surface area (Å²) >= 11 is 17.9. The molecule has 3 nitrogen and oxygen atoms in total. The van der Waals surface area contributed by atoms with Crippen molar-refractivity contribution in [1.82, 2.24) is 4.90 Å². The maximum atomic E-state index is 6.23. The molecular weight excluding hydrogens is 401 g/mol. The van der Waals surface area contributed by atoms with E-state index in [4.69, 9.17) is 44.9 Å². The first-order valence-electron chi connectivity index (χ1n) is 9.21. The monoisotopic (exact) mass is 423 g/mol. The highest BCUT2D eigenvalue weighted by molar-refractivity contribution is 7.80. The van der Waals surface area contributed by atoms with Crippen molar-refractivity contribution in [3.05, 3.63) is 57.6 Å². The Bertz CT molecular complexity index is 807. The van der Waals surface area contributed by atoms with Crippen molar-refractivity contribution < 1.29 is 9.47 Å². The molecule has 2 aromatic carbocycles. The van der Waals surface area contributed by atoms with Crippen molar-refractivity contribution in [3.8, 4) is 11.5 Å². The summed E-state index contributed by atoms with van der Waals surface area (Å²) in [5.74, 6) is 1.37. The Morgan fingerprint density at radius 1 is 1.00 bits per heavy atom. The second kappa shape index (κ2) is 9.63. The molecule has 0 unspecified atom stereocenters. The molecule has 0 spiro atoms. The molecule has 144 valence electrons. The highest BCUT2D eigenvalue weighted by atomic mass is 35.5. The van der Waals surface area contributed by atoms with E-state index in [-0.39, 0.29) is 0 Å². The number of hydrogen-bond acceptors (Lipinski definition) is 3. The van der Waals surface area contributed by atoms with E-state index in [0.717, 1.165) is 29.2 Å². The number of likely N-dealkylation sites (tertiary alicyclic amines) is 1. The Morgan fingerprint density at radius 2 is 1.78 bits per heavy atom. The Labute approximate surface area is 176 Å². The van der Waals surface area contributed by atoms with Crippen molar-refractivity contribution in [3.63, 3.8) is 0 Å². The standard InChI is InChI=1S/C21H23Cl2NO2S/c1-2-25-20-12-15(21(27)24-10-4-3-5-11-24)7-9-19(20)26-14-16-6-8-17(22)13-18(16)23/h6-9,12-13H,2-5,10-11,14H2,1H3. The minimum Gasteiger partial charge on any atom is -0.490 e. The van der Waals surface area contributed by atoms with Crippen LogP contribution in [0.15, 0.2) is 36.4 Å². The van der Waals surface area contributed by atoms with Gasteiger partial charge in [0, 0.05) is 34.3 Å². The smallest absolute Gasteiger partial charge is 0.161 e. The van der Waals surface area contributed by atoms with Crippen LogP contribution in [0.1, 0.15) is 37.3 Å². The van der Waals surface area contributed by atoms with E-state index in [2.05, 4.69) is 4.90 Å². The first-order valence-corrected chi connectivity index (χ1v) is 10.4. The molecule has 1 fully saturated rings. The Hall–Kier alpha value is -1.49. The zero-order chi connectivity index (χ0) is 19.2. The number of nitrogens with zero attached hydrogens (tertiary/aromatic N) is 1. The van der Waals surface area contributed by atoms with Gasteiger partial charge < -0.3 is 14.4 Å². The van der Waals surface area contributed by atoms with E-state index < -0.39 is 0 Å². The molecule has 27 heavy (non-hydrogen) atoms. The largest absolute Gasteiger partial charge is 0.490 e. The summed E-state index contributed by atoms with van der Waals surface area (Å²) in [6, 6.07) is 11.3. The van der Waals surface area contributed by atoms with E-state index in [1.54, 1.807) is 12.1 Å². The fourth-order valence-corrected chi connectivity index (χ4v) is 3.88. The molecule has 1 aliphatic heterocycles. The van der Waals surface area contributed by atoms with Gasteiger partial charge >= 0.3 is 0 Å². The molecule has 6 heteroatoms. The fourth-order valence-electron chi connectivity index (χ4n) is 3.10. The van der Waals surface area contributed by atoms with Crippen molar-refractivity contribution in [2.45, 2.75) is 32.8 Å². The SMILES string of the molecule is CCOc1cc(C(=S)N2CCCCC2)ccc1OCc1ccc(Cl)cc1Cl. The van der Waals surface area contributed by atoms with E-state index >= 15 is 0 Å². The molecule has 0 atom stereocenters. The second-order valence-corrected chi connectivity index (χ2v) is 7.70. The molecule has 1 saturated heterocycles. The van der Waals surface area contributed by atoms with Crippen molar-refractivity contribution in [1.29, 1.82) is 0 Å². The number of thiocarbonyl (C=S) groups is 1. The van der Waals surface area contributed by atoms with Crippen LogP contribution < -0.4 is 9.47 Å². The summed E-state index contributed by atoms with van der Waals surface area (Å²) in [4.78, 5) is 3.15. The number of halogens is 2. The fraction of sp³-hybridized carbons (Fsp3) is 0.381. The summed E-state index contributed by atoms with van der Waals surface area (Å²) in [5, 5.41) is 1.19. The van der Waals surface area contributed by atoms with Gasteiger partial charge in [0.05, 0.1) is 6.61 Å². The average molecular weight is 424 g/mol. The molecule has 1 heterocycles. The van der Waals surface area contributed by atoms with Crippen molar-refractivity contribution in [2.24, 2.45) is 0 Å². The zero-order valence-electron chi connectivity index (χ0n) is 15.3. The lowest BCUT2D eigenvalue weighted by molar-refractivity contribution is 0.269. The molecular formula is C21H23Cl2NO2S. The Balaban J connectivity index is 1.75. The third kappa shape index (κ3) is 5.28. The summed E-state index contributed by atoms with van der Waals surface area (Å²) in [5.41, 5.74) is 1.86. The quantitative estimate of drug-likeness (QED) is 0.520. The third-order valence-corrected chi connectivity index (χ3v) is 5.61. The average Bonchev–Trinajstić information content (AvgIpc) is 2.68. The van der Waals surface area contributed by atoms with Gasteiger partial charge in [0.25, 0.3) is 0 Å². The first kappa shape index (κ1) is 20.2. The molecule has 0 amide bonds. The second-order valence-electron chi connectivity index (χ2n) is 6.47. The van der Waals surface area contributed by atoms with E-state index in [1.165, 1.54) is 19.3 Å². The van der Waals surface area contributed by atoms with E-state index in [1.807, 2.05) is 31.2 Å². The molecule has 0 bridgehead atoms. The number of benzene rings is 2. The van der Waals surface area contributed by atoms with Gasteiger partial charge in [-0.1, -0.05) is 41.5 Å². The third-order valence-electron chi connectivity index (χ3n) is 4.53. The highest BCUT2D eigenvalue weighted by Gasteiger charge is 2.17. The minimum absolute atomic E-state index is 0.339. The van der Waals surface area contributed by atoms with Crippen LogP contribution in [0.5, 0.6) is 11.5 Å². The van der Waals surface area contributed by atoms with Gasteiger partial charge in [-0.3, -0.25) is 0 Å². The van der Waals surface area contributed by atoms with Crippen LogP contribution in [-0.4, -0.2) is 29.6 Å². The van der Waals surface area contributed by atoms with Crippen LogP contribution in [0.4, 0.5) is 0 Å². The molecule has 0 N–H and O–H groups in total. The van der Waals surface area contributed by atoms with Crippen LogP contribution in [0.25, 0.3) is 0 Å². The summed E-state index contributed by atoms with van der Waals surface area (Å²) in [6.45, 7) is 4.89. The topological polar surface area (TPSA) is 21.7 Å². The number of ether oxygens (including phenoxy) is 2. The van der Waals surface area contributed by atoms with E-state index in [9.17, 15) is 0 Å². The van der Waals surface area contributed by atoms with Crippen molar-refractivity contribution >= 4 is 40.4 Å². The molecule has 0 aliphatic carbocycles. The van der Waals surface area contributed by atoms with Gasteiger partial charge in [0.15, 0.2) is 11.5 Å².